The molecule has 1 rings (SSSR count). The summed E-state index contributed by atoms with van der Waals surface area (Å²) in [4.78, 5) is 11.5. The third-order valence-corrected chi connectivity index (χ3v) is 2.87. The lowest BCUT2D eigenvalue weighted by Crippen LogP contribution is -2.09. The number of rotatable bonds is 4. The van der Waals surface area contributed by atoms with Crippen LogP contribution in [0.2, 0.25) is 0 Å². The van der Waals surface area contributed by atoms with Crippen molar-refractivity contribution in [3.05, 3.63) is 34.9 Å². The van der Waals surface area contributed by atoms with E-state index in [9.17, 15) is 13.6 Å². The van der Waals surface area contributed by atoms with Crippen LogP contribution in [0.15, 0.2) is 12.1 Å². The maximum Gasteiger partial charge on any atom is 0.178 e. The summed E-state index contributed by atoms with van der Waals surface area (Å²) in [5.74, 6) is -1.13. The van der Waals surface area contributed by atoms with Crippen LogP contribution in [0.5, 0.6) is 0 Å². The van der Waals surface area contributed by atoms with Crippen LogP contribution in [-0.2, 0) is 0 Å². The predicted molar refractivity (Wildman–Crippen MR) is 58.4 cm³/mol. The van der Waals surface area contributed by atoms with Gasteiger partial charge in [-0.2, -0.15) is 11.8 Å². The van der Waals surface area contributed by atoms with Gasteiger partial charge in [-0.15, -0.1) is 0 Å². The number of carbonyl (C=O) groups is 1. The van der Waals surface area contributed by atoms with Crippen LogP contribution in [0, 0.1) is 18.6 Å². The van der Waals surface area contributed by atoms with Gasteiger partial charge in [0.05, 0.1) is 11.3 Å². The summed E-state index contributed by atoms with van der Waals surface area (Å²) >= 11 is 1.35. The molecule has 0 spiro atoms. The van der Waals surface area contributed by atoms with Crippen LogP contribution in [0.3, 0.4) is 0 Å². The molecule has 15 heavy (non-hydrogen) atoms. The zero-order chi connectivity index (χ0) is 11.4. The summed E-state index contributed by atoms with van der Waals surface area (Å²) in [5.41, 5.74) is -0.114. The van der Waals surface area contributed by atoms with Gasteiger partial charge in [-0.05, 0) is 24.3 Å². The molecule has 0 amide bonds. The van der Waals surface area contributed by atoms with E-state index >= 15 is 0 Å². The highest BCUT2D eigenvalue weighted by atomic mass is 32.2. The third kappa shape index (κ3) is 2.78. The summed E-state index contributed by atoms with van der Waals surface area (Å²) in [7, 11) is 0. The minimum absolute atomic E-state index is 0.119. The first kappa shape index (κ1) is 12.2. The summed E-state index contributed by atoms with van der Waals surface area (Å²) in [6.45, 7) is 3.40. The molecule has 0 bridgehead atoms. The number of carbonyl (C=O) groups excluding carboxylic acids is 1. The lowest BCUT2D eigenvalue weighted by molar-refractivity contribution is 0.101. The molecule has 0 radical (unpaired) electrons. The van der Waals surface area contributed by atoms with E-state index in [1.165, 1.54) is 24.8 Å². The average molecular weight is 230 g/mol. The Bertz CT molecular complexity index is 377. The van der Waals surface area contributed by atoms with Gasteiger partial charge in [-0.25, -0.2) is 8.78 Å². The number of hydrogen-bond acceptors (Lipinski definition) is 2. The van der Waals surface area contributed by atoms with Gasteiger partial charge in [-0.1, -0.05) is 13.0 Å². The van der Waals surface area contributed by atoms with Gasteiger partial charge in [0.2, 0.25) is 0 Å². The Morgan fingerprint density at radius 3 is 2.67 bits per heavy atom. The zero-order valence-electron chi connectivity index (χ0n) is 8.64. The Morgan fingerprint density at radius 1 is 1.40 bits per heavy atom. The molecule has 0 atom stereocenters. The van der Waals surface area contributed by atoms with Crippen LogP contribution < -0.4 is 0 Å². The fourth-order valence-electron chi connectivity index (χ4n) is 1.18. The Hall–Kier alpha value is -0.900. The molecule has 0 saturated carbocycles. The SMILES string of the molecule is CCSCC(=O)c1c(F)ccc(C)c1F. The highest BCUT2D eigenvalue weighted by molar-refractivity contribution is 7.99. The maximum atomic E-state index is 13.5. The molecule has 4 heteroatoms. The summed E-state index contributed by atoms with van der Waals surface area (Å²) < 4.78 is 26.7. The Kier molecular flexibility index (Phi) is 4.27. The molecule has 0 aliphatic rings. The fraction of sp³-hybridized carbons (Fsp3) is 0.364. The van der Waals surface area contributed by atoms with Crippen molar-refractivity contribution in [3.63, 3.8) is 0 Å². The molecule has 1 aromatic rings. The number of thioether (sulfide) groups is 1. The van der Waals surface area contributed by atoms with Crippen molar-refractivity contribution < 1.29 is 13.6 Å². The van der Waals surface area contributed by atoms with Crippen LogP contribution in [-0.4, -0.2) is 17.3 Å². The lowest BCUT2D eigenvalue weighted by Gasteiger charge is -2.05. The van der Waals surface area contributed by atoms with Gasteiger partial charge in [0.25, 0.3) is 0 Å². The Labute approximate surface area is 91.9 Å². The van der Waals surface area contributed by atoms with Crippen LogP contribution >= 0.6 is 11.8 Å². The molecule has 0 heterocycles. The highest BCUT2D eigenvalue weighted by Gasteiger charge is 2.18. The number of Topliss-reactive ketones (excluding diaryl/α,β-unsaturated/α-hetero) is 1. The van der Waals surface area contributed by atoms with Crippen molar-refractivity contribution in [3.8, 4) is 0 Å². The van der Waals surface area contributed by atoms with Crippen LogP contribution in [0.1, 0.15) is 22.8 Å². The first-order valence-corrected chi connectivity index (χ1v) is 5.79. The maximum absolute atomic E-state index is 13.5. The average Bonchev–Trinajstić information content (AvgIpc) is 2.21. The van der Waals surface area contributed by atoms with E-state index in [0.717, 1.165) is 11.8 Å². The molecular weight excluding hydrogens is 218 g/mol. The smallest absolute Gasteiger partial charge is 0.178 e. The number of benzene rings is 1. The van der Waals surface area contributed by atoms with Gasteiger partial charge in [0.15, 0.2) is 5.78 Å². The molecule has 0 fully saturated rings. The predicted octanol–water partition coefficient (Wildman–Crippen LogP) is 3.21. The number of aryl methyl sites for hydroxylation is 1. The van der Waals surface area contributed by atoms with Crippen molar-refractivity contribution >= 4 is 17.5 Å². The Morgan fingerprint density at radius 2 is 2.07 bits per heavy atom. The zero-order valence-corrected chi connectivity index (χ0v) is 9.46. The third-order valence-electron chi connectivity index (χ3n) is 2.00. The minimum Gasteiger partial charge on any atom is -0.293 e. The molecule has 82 valence electrons. The first-order chi connectivity index (χ1) is 7.07. The quantitative estimate of drug-likeness (QED) is 0.739. The number of halogens is 2. The molecule has 1 aromatic carbocycles. The van der Waals surface area contributed by atoms with E-state index in [1.54, 1.807) is 0 Å². The van der Waals surface area contributed by atoms with Crippen molar-refractivity contribution in [2.24, 2.45) is 0 Å². The molecule has 0 aromatic heterocycles. The van der Waals surface area contributed by atoms with E-state index in [1.807, 2.05) is 6.92 Å². The Balaban J connectivity index is 3.02. The van der Waals surface area contributed by atoms with Crippen molar-refractivity contribution in [1.29, 1.82) is 0 Å². The first-order valence-electron chi connectivity index (χ1n) is 4.63. The molecule has 0 aliphatic carbocycles. The summed E-state index contributed by atoms with van der Waals surface area (Å²) in [6.07, 6.45) is 0. The van der Waals surface area contributed by atoms with Gasteiger partial charge in [0, 0.05) is 0 Å². The van der Waals surface area contributed by atoms with E-state index < -0.39 is 23.0 Å². The van der Waals surface area contributed by atoms with Crippen molar-refractivity contribution in [1.82, 2.24) is 0 Å². The second kappa shape index (κ2) is 5.26. The topological polar surface area (TPSA) is 17.1 Å². The largest absolute Gasteiger partial charge is 0.293 e. The minimum atomic E-state index is -0.778. The number of ketones is 1. The normalized spacial score (nSPS) is 10.4. The molecule has 0 N–H and O–H groups in total. The van der Waals surface area contributed by atoms with E-state index in [0.29, 0.717) is 5.56 Å². The molecule has 0 saturated heterocycles. The molecule has 0 aliphatic heterocycles. The number of hydrogen-bond donors (Lipinski definition) is 0. The van der Waals surface area contributed by atoms with Gasteiger partial charge in [0.1, 0.15) is 11.6 Å². The highest BCUT2D eigenvalue weighted by Crippen LogP contribution is 2.18. The van der Waals surface area contributed by atoms with E-state index in [2.05, 4.69) is 0 Å². The van der Waals surface area contributed by atoms with E-state index in [-0.39, 0.29) is 5.75 Å². The lowest BCUT2D eigenvalue weighted by atomic mass is 10.1. The van der Waals surface area contributed by atoms with Crippen molar-refractivity contribution in [2.45, 2.75) is 13.8 Å². The molecular formula is C11H12F2OS. The molecule has 0 unspecified atom stereocenters. The van der Waals surface area contributed by atoms with E-state index in [4.69, 9.17) is 0 Å². The molecule has 1 nitrogen and oxygen atoms in total. The monoisotopic (exact) mass is 230 g/mol. The summed E-state index contributed by atoms with van der Waals surface area (Å²) in [5, 5.41) is 0. The van der Waals surface area contributed by atoms with Crippen LogP contribution in [0.4, 0.5) is 8.78 Å². The van der Waals surface area contributed by atoms with Gasteiger partial charge in [-0.3, -0.25) is 4.79 Å². The standard InChI is InChI=1S/C11H12F2OS/c1-3-15-6-9(14)10-8(12)5-4-7(2)11(10)13/h4-5H,3,6H2,1-2H3. The van der Waals surface area contributed by atoms with Crippen LogP contribution in [0.25, 0.3) is 0 Å². The second-order valence-corrected chi connectivity index (χ2v) is 4.39. The van der Waals surface area contributed by atoms with Gasteiger partial charge >= 0.3 is 0 Å². The second-order valence-electron chi connectivity index (χ2n) is 3.11. The summed E-state index contributed by atoms with van der Waals surface area (Å²) in [6, 6.07) is 2.46. The fourth-order valence-corrected chi connectivity index (χ4v) is 1.71. The van der Waals surface area contributed by atoms with Crippen molar-refractivity contribution in [2.75, 3.05) is 11.5 Å². The van der Waals surface area contributed by atoms with Gasteiger partial charge < -0.3 is 0 Å².